The fraction of sp³-hybridized carbons (Fsp3) is 0. The molecule has 0 bridgehead atoms. The molecule has 0 aliphatic heterocycles. The van der Waals surface area contributed by atoms with Gasteiger partial charge in [-0.05, 0) is 11.5 Å². The summed E-state index contributed by atoms with van der Waals surface area (Å²) in [5, 5.41) is 3.44. The summed E-state index contributed by atoms with van der Waals surface area (Å²) in [7, 11) is -2.12. The van der Waals surface area contributed by atoms with Gasteiger partial charge in [0.25, 0.3) is 0 Å². The van der Waals surface area contributed by atoms with Gasteiger partial charge in [0.1, 0.15) is 0 Å². The van der Waals surface area contributed by atoms with Gasteiger partial charge in [-0.25, -0.2) is 4.49 Å². The van der Waals surface area contributed by atoms with Crippen molar-refractivity contribution < 1.29 is 8.42 Å². The highest BCUT2D eigenvalue weighted by molar-refractivity contribution is 7.66. The first kappa shape index (κ1) is 5.52. The van der Waals surface area contributed by atoms with E-state index < -0.39 is 10.3 Å². The Hall–Kier alpha value is -0.620. The molecule has 1 rings (SSSR count). The monoisotopic (exact) mass is 150 g/mol. The predicted molar refractivity (Wildman–Crippen MR) is 28.6 cm³/mol. The van der Waals surface area contributed by atoms with Crippen molar-refractivity contribution in [3.8, 4) is 0 Å². The zero-order valence-electron chi connectivity index (χ0n) is 3.66. The van der Waals surface area contributed by atoms with Gasteiger partial charge in [0, 0.05) is 0 Å². The van der Waals surface area contributed by atoms with Gasteiger partial charge in [-0.2, -0.15) is 13.5 Å². The number of nitrogens with one attached hydrogen (secondary N) is 1. The fourth-order valence-electron chi connectivity index (χ4n) is 0.254. The summed E-state index contributed by atoms with van der Waals surface area (Å²) in [4.78, 5) is 0. The highest BCUT2D eigenvalue weighted by Gasteiger charge is 1.79. The number of aromatic amines is 1. The number of hydrogen-bond donors (Lipinski definition) is 1. The van der Waals surface area contributed by atoms with Crippen LogP contribution in [0.2, 0.25) is 0 Å². The normalized spacial score (nSPS) is 9.00. The van der Waals surface area contributed by atoms with Gasteiger partial charge in [-0.15, -0.1) is 0 Å². The van der Waals surface area contributed by atoms with Crippen LogP contribution in [0.3, 0.4) is 0 Å². The standard InChI is InChI=1S/C2H2N2O2S2/c5-8(6)2-1-3-4-7-2/h1,4H. The van der Waals surface area contributed by atoms with Gasteiger partial charge in [-0.1, -0.05) is 0 Å². The van der Waals surface area contributed by atoms with Crippen LogP contribution in [0.25, 0.3) is 0 Å². The number of H-pyrrole nitrogens is 1. The molecule has 0 saturated heterocycles. The summed E-state index contributed by atoms with van der Waals surface area (Å²) in [6.07, 6.45) is 1.26. The SMILES string of the molecule is O=S(=O)=c1cn[nH]s1. The van der Waals surface area contributed by atoms with Gasteiger partial charge in [0.15, 0.2) is 3.82 Å². The average Bonchev–Trinajstić information content (AvgIpc) is 2.12. The molecule has 0 aromatic carbocycles. The number of hydrogen-bond acceptors (Lipinski definition) is 4. The molecule has 1 aromatic heterocycles. The van der Waals surface area contributed by atoms with Gasteiger partial charge >= 0.3 is 0 Å². The van der Waals surface area contributed by atoms with Crippen LogP contribution < -0.4 is 0 Å². The van der Waals surface area contributed by atoms with E-state index in [4.69, 9.17) is 0 Å². The Balaban J connectivity index is 3.78. The quantitative estimate of drug-likeness (QED) is 0.524. The molecule has 1 N–H and O–H groups in total. The largest absolute Gasteiger partial charge is 0.234 e. The van der Waals surface area contributed by atoms with E-state index in [0.29, 0.717) is 0 Å². The minimum atomic E-state index is -2.12. The van der Waals surface area contributed by atoms with Crippen LogP contribution >= 0.6 is 11.5 Å². The van der Waals surface area contributed by atoms with Gasteiger partial charge in [0.2, 0.25) is 10.3 Å². The Morgan fingerprint density at radius 3 is 2.75 bits per heavy atom. The van der Waals surface area contributed by atoms with E-state index in [1.807, 2.05) is 0 Å². The molecule has 44 valence electrons. The van der Waals surface area contributed by atoms with Crippen LogP contribution in [0.1, 0.15) is 0 Å². The first-order chi connectivity index (χ1) is 3.80. The topological polar surface area (TPSA) is 62.8 Å². The van der Waals surface area contributed by atoms with Crippen molar-refractivity contribution in [2.75, 3.05) is 0 Å². The lowest BCUT2D eigenvalue weighted by Crippen LogP contribution is -1.55. The van der Waals surface area contributed by atoms with Crippen LogP contribution in [0.5, 0.6) is 0 Å². The molecule has 0 aliphatic rings. The van der Waals surface area contributed by atoms with Crippen LogP contribution in [-0.4, -0.2) is 18.0 Å². The third-order valence-corrected chi connectivity index (χ3v) is 2.13. The Morgan fingerprint density at radius 1 is 1.75 bits per heavy atom. The van der Waals surface area contributed by atoms with E-state index in [1.54, 1.807) is 0 Å². The van der Waals surface area contributed by atoms with Crippen molar-refractivity contribution in [3.05, 3.63) is 10.0 Å². The van der Waals surface area contributed by atoms with Crippen molar-refractivity contribution in [1.29, 1.82) is 0 Å². The summed E-state index contributed by atoms with van der Waals surface area (Å²) in [5.74, 6) is 0. The molecule has 0 fully saturated rings. The first-order valence-electron chi connectivity index (χ1n) is 1.72. The Labute approximate surface area is 50.5 Å². The molecule has 4 nitrogen and oxygen atoms in total. The number of aromatic nitrogens is 2. The smallest absolute Gasteiger partial charge is 0.231 e. The van der Waals surface area contributed by atoms with Crippen LogP contribution in [-0.2, 0) is 10.3 Å². The Bertz CT molecular complexity index is 293. The van der Waals surface area contributed by atoms with Crippen molar-refractivity contribution in [1.82, 2.24) is 9.59 Å². The van der Waals surface area contributed by atoms with Gasteiger partial charge in [-0.3, -0.25) is 0 Å². The first-order valence-corrected chi connectivity index (χ1v) is 3.61. The molecule has 0 unspecified atom stereocenters. The van der Waals surface area contributed by atoms with Crippen LogP contribution in [0.15, 0.2) is 6.20 Å². The predicted octanol–water partition coefficient (Wildman–Crippen LogP) is -0.118. The van der Waals surface area contributed by atoms with Gasteiger partial charge < -0.3 is 0 Å². The molecular formula is C2H2N2O2S2. The molecule has 0 atom stereocenters. The number of nitrogens with zero attached hydrogens (tertiary/aromatic N) is 1. The van der Waals surface area contributed by atoms with Crippen LogP contribution in [0.4, 0.5) is 0 Å². The second-order valence-electron chi connectivity index (χ2n) is 1.01. The molecule has 8 heavy (non-hydrogen) atoms. The van der Waals surface area contributed by atoms with E-state index >= 15 is 0 Å². The lowest BCUT2D eigenvalue weighted by molar-refractivity contribution is 0.625. The lowest BCUT2D eigenvalue weighted by Gasteiger charge is -1.49. The molecule has 0 amide bonds. The maximum Gasteiger partial charge on any atom is 0.234 e. The summed E-state index contributed by atoms with van der Waals surface area (Å²) >= 11 is 0.982. The van der Waals surface area contributed by atoms with E-state index in [2.05, 4.69) is 9.59 Å². The molecule has 1 aromatic rings. The van der Waals surface area contributed by atoms with Crippen molar-refractivity contribution in [2.45, 2.75) is 0 Å². The number of rotatable bonds is 0. The minimum Gasteiger partial charge on any atom is -0.231 e. The lowest BCUT2D eigenvalue weighted by atomic mass is 11.0. The minimum absolute atomic E-state index is 0.227. The summed E-state index contributed by atoms with van der Waals surface area (Å²) in [6.45, 7) is 0. The molecule has 0 saturated carbocycles. The second-order valence-corrected chi connectivity index (χ2v) is 3.00. The van der Waals surface area contributed by atoms with Crippen LogP contribution in [0, 0.1) is 3.82 Å². The van der Waals surface area contributed by atoms with E-state index in [0.717, 1.165) is 11.5 Å². The third kappa shape index (κ3) is 0.958. The zero-order chi connectivity index (χ0) is 5.98. The van der Waals surface area contributed by atoms with E-state index in [1.165, 1.54) is 6.20 Å². The highest BCUT2D eigenvalue weighted by atomic mass is 32.2. The maximum atomic E-state index is 10.0. The molecule has 1 heterocycles. The van der Waals surface area contributed by atoms with Crippen molar-refractivity contribution in [3.63, 3.8) is 0 Å². The highest BCUT2D eigenvalue weighted by Crippen LogP contribution is 1.86. The Kier molecular flexibility index (Phi) is 1.45. The van der Waals surface area contributed by atoms with E-state index in [9.17, 15) is 8.42 Å². The van der Waals surface area contributed by atoms with Crippen molar-refractivity contribution in [2.24, 2.45) is 0 Å². The summed E-state index contributed by atoms with van der Waals surface area (Å²) in [5.41, 5.74) is 0. The van der Waals surface area contributed by atoms with E-state index in [-0.39, 0.29) is 3.82 Å². The average molecular weight is 150 g/mol. The third-order valence-electron chi connectivity index (χ3n) is 0.533. The maximum absolute atomic E-state index is 10.0. The molecule has 6 heteroatoms. The zero-order valence-corrected chi connectivity index (χ0v) is 5.29. The fourth-order valence-corrected chi connectivity index (χ4v) is 1.08. The summed E-state index contributed by atoms with van der Waals surface area (Å²) < 4.78 is 22.7. The molecular weight excluding hydrogens is 148 g/mol. The molecule has 0 aliphatic carbocycles. The van der Waals surface area contributed by atoms with Crippen molar-refractivity contribution >= 4 is 21.8 Å². The summed E-state index contributed by atoms with van der Waals surface area (Å²) in [6, 6.07) is 0. The second kappa shape index (κ2) is 2.10. The van der Waals surface area contributed by atoms with Gasteiger partial charge in [0.05, 0.1) is 6.20 Å². The molecule has 0 radical (unpaired) electrons. The molecule has 0 spiro atoms. The Morgan fingerprint density at radius 2 is 2.50 bits per heavy atom.